The first-order chi connectivity index (χ1) is 12.2. The molecular formula is C16H26N4O5S. The Hall–Kier alpha value is -2.17. The molecule has 0 fully saturated rings. The summed E-state index contributed by atoms with van der Waals surface area (Å²) in [5, 5.41) is 7.45. The van der Waals surface area contributed by atoms with Crippen molar-refractivity contribution >= 4 is 27.6 Å². The van der Waals surface area contributed by atoms with Gasteiger partial charge >= 0.3 is 6.03 Å². The summed E-state index contributed by atoms with van der Waals surface area (Å²) in [5.74, 6) is -0.517. The molecule has 0 aliphatic carbocycles. The molecule has 146 valence electrons. The normalized spacial score (nSPS) is 11.5. The topological polar surface area (TPSA) is 117 Å². The quantitative estimate of drug-likeness (QED) is 0.535. The van der Waals surface area contributed by atoms with Crippen molar-refractivity contribution in [3.63, 3.8) is 0 Å². The number of carbonyl (C=O) groups is 2. The van der Waals surface area contributed by atoms with E-state index < -0.39 is 22.0 Å². The fraction of sp³-hybridized carbons (Fsp3) is 0.500. The van der Waals surface area contributed by atoms with Gasteiger partial charge in [-0.2, -0.15) is 4.31 Å². The highest BCUT2D eigenvalue weighted by atomic mass is 32.2. The first-order valence-electron chi connectivity index (χ1n) is 8.07. The summed E-state index contributed by atoms with van der Waals surface area (Å²) >= 11 is 0. The van der Waals surface area contributed by atoms with Gasteiger partial charge in [0, 0.05) is 32.4 Å². The van der Waals surface area contributed by atoms with Gasteiger partial charge < -0.3 is 15.4 Å². The van der Waals surface area contributed by atoms with Gasteiger partial charge in [0.2, 0.25) is 15.9 Å². The Morgan fingerprint density at radius 2 is 1.81 bits per heavy atom. The Morgan fingerprint density at radius 3 is 2.35 bits per heavy atom. The van der Waals surface area contributed by atoms with Gasteiger partial charge in [0.25, 0.3) is 0 Å². The lowest BCUT2D eigenvalue weighted by Crippen LogP contribution is -2.42. The summed E-state index contributed by atoms with van der Waals surface area (Å²) in [6, 6.07) is 5.29. The van der Waals surface area contributed by atoms with Gasteiger partial charge in [-0.3, -0.25) is 10.1 Å². The zero-order chi connectivity index (χ0) is 19.7. The number of hydrogen-bond acceptors (Lipinski definition) is 6. The van der Waals surface area contributed by atoms with Crippen LogP contribution in [0.15, 0.2) is 29.2 Å². The maximum atomic E-state index is 12.4. The number of rotatable bonds is 9. The Kier molecular flexibility index (Phi) is 8.49. The van der Waals surface area contributed by atoms with E-state index in [0.717, 1.165) is 0 Å². The van der Waals surface area contributed by atoms with Crippen molar-refractivity contribution in [2.75, 3.05) is 39.2 Å². The number of ether oxygens (including phenoxy) is 1. The lowest BCUT2D eigenvalue weighted by atomic mass is 10.3. The van der Waals surface area contributed by atoms with Crippen molar-refractivity contribution in [2.45, 2.75) is 24.8 Å². The molecule has 9 nitrogen and oxygen atoms in total. The summed E-state index contributed by atoms with van der Waals surface area (Å²) in [6.45, 7) is 4.09. The minimum absolute atomic E-state index is 0.129. The molecule has 0 aliphatic heterocycles. The maximum absolute atomic E-state index is 12.4. The van der Waals surface area contributed by atoms with E-state index in [1.54, 1.807) is 26.0 Å². The SMILES string of the molecule is COCCNC(=O)NC(=O)CNc1ccc(S(=O)(=O)N(C)C(C)C)cc1. The lowest BCUT2D eigenvalue weighted by molar-refractivity contribution is -0.118. The van der Waals surface area contributed by atoms with Gasteiger partial charge in [0.15, 0.2) is 0 Å². The highest BCUT2D eigenvalue weighted by Crippen LogP contribution is 2.18. The second-order valence-electron chi connectivity index (χ2n) is 5.79. The van der Waals surface area contributed by atoms with Crippen LogP contribution in [-0.2, 0) is 19.6 Å². The third kappa shape index (κ3) is 6.62. The van der Waals surface area contributed by atoms with E-state index in [0.29, 0.717) is 18.8 Å². The molecule has 0 saturated carbocycles. The van der Waals surface area contributed by atoms with Crippen LogP contribution in [0.1, 0.15) is 13.8 Å². The summed E-state index contributed by atoms with van der Waals surface area (Å²) in [6.07, 6.45) is 0. The highest BCUT2D eigenvalue weighted by molar-refractivity contribution is 7.89. The maximum Gasteiger partial charge on any atom is 0.321 e. The number of anilines is 1. The van der Waals surface area contributed by atoms with E-state index >= 15 is 0 Å². The molecule has 3 amide bonds. The van der Waals surface area contributed by atoms with Crippen LogP contribution in [0.4, 0.5) is 10.5 Å². The van der Waals surface area contributed by atoms with Gasteiger partial charge in [-0.1, -0.05) is 0 Å². The minimum atomic E-state index is -3.55. The molecule has 0 aliphatic rings. The van der Waals surface area contributed by atoms with Crippen LogP contribution in [0.2, 0.25) is 0 Å². The van der Waals surface area contributed by atoms with Gasteiger partial charge in [0.1, 0.15) is 0 Å². The Bertz CT molecular complexity index is 704. The molecule has 10 heteroatoms. The minimum Gasteiger partial charge on any atom is -0.383 e. The van der Waals surface area contributed by atoms with Crippen molar-refractivity contribution in [3.8, 4) is 0 Å². The van der Waals surface area contributed by atoms with Crippen LogP contribution in [0.3, 0.4) is 0 Å². The molecule has 0 radical (unpaired) electrons. The number of urea groups is 1. The third-order valence-electron chi connectivity index (χ3n) is 3.56. The highest BCUT2D eigenvalue weighted by Gasteiger charge is 2.22. The molecule has 26 heavy (non-hydrogen) atoms. The second-order valence-corrected chi connectivity index (χ2v) is 7.79. The molecule has 1 rings (SSSR count). The number of methoxy groups -OCH3 is 1. The van der Waals surface area contributed by atoms with Crippen molar-refractivity contribution in [2.24, 2.45) is 0 Å². The van der Waals surface area contributed by atoms with Crippen LogP contribution >= 0.6 is 0 Å². The predicted octanol–water partition coefficient (Wildman–Crippen LogP) is 0.600. The summed E-state index contributed by atoms with van der Waals surface area (Å²) in [7, 11) is -0.522. The molecule has 3 N–H and O–H groups in total. The summed E-state index contributed by atoms with van der Waals surface area (Å²) < 4.78 is 30.8. The number of amides is 3. The predicted molar refractivity (Wildman–Crippen MR) is 98.4 cm³/mol. The van der Waals surface area contributed by atoms with Gasteiger partial charge in [-0.15, -0.1) is 0 Å². The summed E-state index contributed by atoms with van der Waals surface area (Å²) in [4.78, 5) is 23.3. The van der Waals surface area contributed by atoms with Gasteiger partial charge in [-0.25, -0.2) is 13.2 Å². The Labute approximate surface area is 154 Å². The van der Waals surface area contributed by atoms with E-state index in [1.807, 2.05) is 0 Å². The Balaban J connectivity index is 2.55. The molecule has 0 spiro atoms. The Morgan fingerprint density at radius 1 is 1.19 bits per heavy atom. The van der Waals surface area contributed by atoms with Crippen molar-refractivity contribution in [1.82, 2.24) is 14.9 Å². The monoisotopic (exact) mass is 386 g/mol. The number of sulfonamides is 1. The smallest absolute Gasteiger partial charge is 0.321 e. The molecule has 0 heterocycles. The molecule has 0 atom stereocenters. The molecule has 0 saturated heterocycles. The number of hydrogen-bond donors (Lipinski definition) is 3. The van der Waals surface area contributed by atoms with E-state index in [-0.39, 0.29) is 17.5 Å². The van der Waals surface area contributed by atoms with Crippen LogP contribution in [-0.4, -0.2) is 64.6 Å². The molecular weight excluding hydrogens is 360 g/mol. The van der Waals surface area contributed by atoms with E-state index in [2.05, 4.69) is 16.0 Å². The molecule has 0 unspecified atom stereocenters. The molecule has 0 aromatic heterocycles. The van der Waals surface area contributed by atoms with Crippen LogP contribution < -0.4 is 16.0 Å². The number of benzene rings is 1. The van der Waals surface area contributed by atoms with Crippen LogP contribution in [0, 0.1) is 0 Å². The van der Waals surface area contributed by atoms with Crippen LogP contribution in [0.25, 0.3) is 0 Å². The van der Waals surface area contributed by atoms with Crippen molar-refractivity contribution in [1.29, 1.82) is 0 Å². The number of imide groups is 1. The van der Waals surface area contributed by atoms with Crippen molar-refractivity contribution in [3.05, 3.63) is 24.3 Å². The summed E-state index contributed by atoms with van der Waals surface area (Å²) in [5.41, 5.74) is 0.561. The zero-order valence-electron chi connectivity index (χ0n) is 15.4. The van der Waals surface area contributed by atoms with Gasteiger partial charge in [-0.05, 0) is 38.1 Å². The van der Waals surface area contributed by atoms with Gasteiger partial charge in [0.05, 0.1) is 18.0 Å². The fourth-order valence-electron chi connectivity index (χ4n) is 1.85. The number of nitrogens with zero attached hydrogens (tertiary/aromatic N) is 1. The first-order valence-corrected chi connectivity index (χ1v) is 9.51. The zero-order valence-corrected chi connectivity index (χ0v) is 16.2. The average Bonchev–Trinajstić information content (AvgIpc) is 2.59. The van der Waals surface area contributed by atoms with E-state index in [4.69, 9.17) is 4.74 Å². The first kappa shape index (κ1) is 21.9. The second kappa shape index (κ2) is 10.1. The van der Waals surface area contributed by atoms with Crippen molar-refractivity contribution < 1.29 is 22.7 Å². The fourth-order valence-corrected chi connectivity index (χ4v) is 3.22. The number of carbonyl (C=O) groups excluding carboxylic acids is 2. The van der Waals surface area contributed by atoms with Crippen LogP contribution in [0.5, 0.6) is 0 Å². The largest absolute Gasteiger partial charge is 0.383 e. The molecule has 1 aromatic rings. The average molecular weight is 386 g/mol. The third-order valence-corrected chi connectivity index (χ3v) is 5.60. The number of nitrogens with one attached hydrogen (secondary N) is 3. The molecule has 1 aromatic carbocycles. The van der Waals surface area contributed by atoms with E-state index in [1.165, 1.54) is 30.6 Å². The molecule has 0 bridgehead atoms. The van der Waals surface area contributed by atoms with E-state index in [9.17, 15) is 18.0 Å². The standard InChI is InChI=1S/C16H26N4O5S/c1-12(2)20(3)26(23,24)14-7-5-13(6-8-14)18-11-15(21)19-16(22)17-9-10-25-4/h5-8,12,18H,9-11H2,1-4H3,(H2,17,19,21,22). The lowest BCUT2D eigenvalue weighted by Gasteiger charge is -2.21.